The quantitative estimate of drug-likeness (QED) is 0.618. The third-order valence-corrected chi connectivity index (χ3v) is 2.10. The molecule has 0 amide bonds. The van der Waals surface area contributed by atoms with Crippen LogP contribution in [-0.2, 0) is 9.53 Å². The maximum atomic E-state index is 11.2. The van der Waals surface area contributed by atoms with Gasteiger partial charge in [0.25, 0.3) is 0 Å². The van der Waals surface area contributed by atoms with Gasteiger partial charge in [0.2, 0.25) is 0 Å². The normalized spacial score (nSPS) is 28.0. The van der Waals surface area contributed by atoms with Crippen molar-refractivity contribution in [1.29, 1.82) is 0 Å². The molecule has 0 radical (unpaired) electrons. The molecule has 0 bridgehead atoms. The van der Waals surface area contributed by atoms with Gasteiger partial charge in [0.05, 0.1) is 7.11 Å². The van der Waals surface area contributed by atoms with Crippen LogP contribution in [-0.4, -0.2) is 18.6 Å². The first kappa shape index (κ1) is 9.00. The molecule has 66 valence electrons. The SMILES string of the molecule is C=CC1=CCC(N)(C(=O)OC)C1. The second-order valence-electron chi connectivity index (χ2n) is 3.01. The van der Waals surface area contributed by atoms with Gasteiger partial charge in [0, 0.05) is 6.42 Å². The highest BCUT2D eigenvalue weighted by Gasteiger charge is 2.37. The zero-order valence-corrected chi connectivity index (χ0v) is 7.17. The van der Waals surface area contributed by atoms with Gasteiger partial charge in [0.15, 0.2) is 0 Å². The second-order valence-corrected chi connectivity index (χ2v) is 3.01. The van der Waals surface area contributed by atoms with Crippen LogP contribution in [0.25, 0.3) is 0 Å². The van der Waals surface area contributed by atoms with Gasteiger partial charge in [-0.25, -0.2) is 0 Å². The lowest BCUT2D eigenvalue weighted by Gasteiger charge is -2.20. The standard InChI is InChI=1S/C9H13NO2/c1-3-7-4-5-9(10,6-7)8(11)12-2/h3-4H,1,5-6,10H2,2H3. The predicted molar refractivity (Wildman–Crippen MR) is 46.4 cm³/mol. The summed E-state index contributed by atoms with van der Waals surface area (Å²) in [6.07, 6.45) is 4.71. The average molecular weight is 167 g/mol. The molecule has 1 aliphatic rings. The lowest BCUT2D eigenvalue weighted by molar-refractivity contribution is -0.146. The molecule has 0 saturated heterocycles. The summed E-state index contributed by atoms with van der Waals surface area (Å²) in [5.74, 6) is -0.351. The molecule has 0 aromatic rings. The van der Waals surface area contributed by atoms with E-state index in [1.807, 2.05) is 6.08 Å². The summed E-state index contributed by atoms with van der Waals surface area (Å²) in [5.41, 5.74) is 5.97. The predicted octanol–water partition coefficient (Wildman–Crippen LogP) is 0.763. The van der Waals surface area contributed by atoms with Crippen molar-refractivity contribution >= 4 is 5.97 Å². The maximum Gasteiger partial charge on any atom is 0.326 e. The number of rotatable bonds is 2. The summed E-state index contributed by atoms with van der Waals surface area (Å²) in [6, 6.07) is 0. The average Bonchev–Trinajstić information content (AvgIpc) is 2.47. The van der Waals surface area contributed by atoms with Crippen LogP contribution in [0.15, 0.2) is 24.3 Å². The Morgan fingerprint density at radius 1 is 1.92 bits per heavy atom. The van der Waals surface area contributed by atoms with Crippen LogP contribution in [0.5, 0.6) is 0 Å². The Balaban J connectivity index is 2.69. The Kier molecular flexibility index (Phi) is 2.33. The first-order valence-electron chi connectivity index (χ1n) is 3.81. The molecule has 0 saturated carbocycles. The van der Waals surface area contributed by atoms with E-state index in [-0.39, 0.29) is 5.97 Å². The smallest absolute Gasteiger partial charge is 0.326 e. The van der Waals surface area contributed by atoms with Crippen molar-refractivity contribution in [3.63, 3.8) is 0 Å². The zero-order chi connectivity index (χ0) is 9.19. The molecule has 0 aliphatic heterocycles. The first-order valence-corrected chi connectivity index (χ1v) is 3.81. The molecule has 0 aromatic carbocycles. The van der Waals surface area contributed by atoms with Crippen molar-refractivity contribution in [2.45, 2.75) is 18.4 Å². The van der Waals surface area contributed by atoms with Crippen LogP contribution in [0, 0.1) is 0 Å². The van der Waals surface area contributed by atoms with Crippen LogP contribution in [0.3, 0.4) is 0 Å². The summed E-state index contributed by atoms with van der Waals surface area (Å²) in [4.78, 5) is 11.2. The second kappa shape index (κ2) is 3.11. The van der Waals surface area contributed by atoms with Crippen molar-refractivity contribution in [3.05, 3.63) is 24.3 Å². The van der Waals surface area contributed by atoms with Crippen LogP contribution in [0.1, 0.15) is 12.8 Å². The third kappa shape index (κ3) is 1.41. The topological polar surface area (TPSA) is 52.3 Å². The van der Waals surface area contributed by atoms with E-state index in [9.17, 15) is 4.79 Å². The molecule has 0 heterocycles. The van der Waals surface area contributed by atoms with Gasteiger partial charge in [-0.15, -0.1) is 0 Å². The Hall–Kier alpha value is -1.09. The van der Waals surface area contributed by atoms with Crippen molar-refractivity contribution in [2.24, 2.45) is 5.73 Å². The highest BCUT2D eigenvalue weighted by atomic mass is 16.5. The molecular formula is C9H13NO2. The Labute approximate surface area is 71.9 Å². The van der Waals surface area contributed by atoms with Crippen LogP contribution >= 0.6 is 0 Å². The molecule has 3 nitrogen and oxygen atoms in total. The van der Waals surface area contributed by atoms with Gasteiger partial charge in [0.1, 0.15) is 5.54 Å². The number of esters is 1. The van der Waals surface area contributed by atoms with Gasteiger partial charge in [-0.05, 0) is 6.42 Å². The molecule has 12 heavy (non-hydrogen) atoms. The minimum absolute atomic E-state index is 0.351. The Bertz CT molecular complexity index is 245. The molecule has 2 N–H and O–H groups in total. The van der Waals surface area contributed by atoms with E-state index in [2.05, 4.69) is 11.3 Å². The molecule has 3 heteroatoms. The van der Waals surface area contributed by atoms with E-state index in [0.29, 0.717) is 12.8 Å². The molecule has 0 aromatic heterocycles. The molecule has 1 unspecified atom stereocenters. The number of allylic oxidation sites excluding steroid dienone is 1. The number of hydrogen-bond donors (Lipinski definition) is 1. The van der Waals surface area contributed by atoms with E-state index in [4.69, 9.17) is 5.73 Å². The van der Waals surface area contributed by atoms with Crippen molar-refractivity contribution in [2.75, 3.05) is 7.11 Å². The van der Waals surface area contributed by atoms with E-state index in [1.54, 1.807) is 6.08 Å². The highest BCUT2D eigenvalue weighted by molar-refractivity contribution is 5.82. The van der Waals surface area contributed by atoms with Crippen molar-refractivity contribution in [1.82, 2.24) is 0 Å². The summed E-state index contributed by atoms with van der Waals surface area (Å²) >= 11 is 0. The summed E-state index contributed by atoms with van der Waals surface area (Å²) < 4.78 is 4.60. The fourth-order valence-electron chi connectivity index (χ4n) is 1.34. The van der Waals surface area contributed by atoms with Crippen molar-refractivity contribution < 1.29 is 9.53 Å². The fraction of sp³-hybridized carbons (Fsp3) is 0.444. The van der Waals surface area contributed by atoms with Gasteiger partial charge < -0.3 is 10.5 Å². The fourth-order valence-corrected chi connectivity index (χ4v) is 1.34. The lowest BCUT2D eigenvalue weighted by atomic mass is 9.97. The lowest BCUT2D eigenvalue weighted by Crippen LogP contribution is -2.46. The van der Waals surface area contributed by atoms with Gasteiger partial charge in [-0.1, -0.05) is 24.3 Å². The van der Waals surface area contributed by atoms with E-state index in [1.165, 1.54) is 7.11 Å². The minimum Gasteiger partial charge on any atom is -0.468 e. The highest BCUT2D eigenvalue weighted by Crippen LogP contribution is 2.28. The van der Waals surface area contributed by atoms with Crippen LogP contribution < -0.4 is 5.73 Å². The van der Waals surface area contributed by atoms with Crippen LogP contribution in [0.4, 0.5) is 0 Å². The number of nitrogens with two attached hydrogens (primary N) is 1. The monoisotopic (exact) mass is 167 g/mol. The minimum atomic E-state index is -0.849. The van der Waals surface area contributed by atoms with Gasteiger partial charge in [-0.2, -0.15) is 0 Å². The van der Waals surface area contributed by atoms with Gasteiger partial charge >= 0.3 is 5.97 Å². The zero-order valence-electron chi connectivity index (χ0n) is 7.17. The van der Waals surface area contributed by atoms with E-state index < -0.39 is 5.54 Å². The molecule has 1 aliphatic carbocycles. The van der Waals surface area contributed by atoms with E-state index in [0.717, 1.165) is 5.57 Å². The van der Waals surface area contributed by atoms with E-state index >= 15 is 0 Å². The molecular weight excluding hydrogens is 154 g/mol. The number of methoxy groups -OCH3 is 1. The number of carbonyl (C=O) groups excluding carboxylic acids is 1. The largest absolute Gasteiger partial charge is 0.468 e. The first-order chi connectivity index (χ1) is 5.62. The van der Waals surface area contributed by atoms with Gasteiger partial charge in [-0.3, -0.25) is 4.79 Å². The summed E-state index contributed by atoms with van der Waals surface area (Å²) in [5, 5.41) is 0. The Morgan fingerprint density at radius 3 is 3.00 bits per heavy atom. The molecule has 1 atom stereocenters. The maximum absolute atomic E-state index is 11.2. The summed E-state index contributed by atoms with van der Waals surface area (Å²) in [6.45, 7) is 3.62. The number of ether oxygens (including phenoxy) is 1. The molecule has 0 fully saturated rings. The van der Waals surface area contributed by atoms with Crippen molar-refractivity contribution in [3.8, 4) is 0 Å². The number of hydrogen-bond acceptors (Lipinski definition) is 3. The molecule has 0 spiro atoms. The third-order valence-electron chi connectivity index (χ3n) is 2.10. The Morgan fingerprint density at radius 2 is 2.58 bits per heavy atom. The molecule has 1 rings (SSSR count). The van der Waals surface area contributed by atoms with Crippen LogP contribution in [0.2, 0.25) is 0 Å². The number of carbonyl (C=O) groups is 1. The summed E-state index contributed by atoms with van der Waals surface area (Å²) in [7, 11) is 1.35.